The Balaban J connectivity index is 1.75. The maximum Gasteiger partial charge on any atom is 0.223 e. The number of amides is 1. The average Bonchev–Trinajstić information content (AvgIpc) is 2.48. The molecule has 1 amide bonds. The summed E-state index contributed by atoms with van der Waals surface area (Å²) in [5.74, 6) is 0.915. The van der Waals surface area contributed by atoms with Crippen LogP contribution in [-0.2, 0) is 4.79 Å². The minimum atomic E-state index is 0.296. The van der Waals surface area contributed by atoms with Crippen LogP contribution in [-0.4, -0.2) is 36.5 Å². The second kappa shape index (κ2) is 7.44. The molecule has 1 aromatic rings. The quantitative estimate of drug-likeness (QED) is 0.895. The summed E-state index contributed by atoms with van der Waals surface area (Å²) < 4.78 is 0. The molecular weight excluding hydrogens is 248 g/mol. The van der Waals surface area contributed by atoms with E-state index in [1.54, 1.807) is 0 Å². The fraction of sp³-hybridized carbons (Fsp3) is 0.588. The second-order valence-electron chi connectivity index (χ2n) is 5.92. The predicted octanol–water partition coefficient (Wildman–Crippen LogP) is 2.78. The van der Waals surface area contributed by atoms with Crippen LogP contribution >= 0.6 is 0 Å². The summed E-state index contributed by atoms with van der Waals surface area (Å²) in [4.78, 5) is 14.1. The smallest absolute Gasteiger partial charge is 0.223 e. The van der Waals surface area contributed by atoms with Gasteiger partial charge in [0, 0.05) is 32.1 Å². The molecule has 3 nitrogen and oxygen atoms in total. The van der Waals surface area contributed by atoms with Gasteiger partial charge in [0.25, 0.3) is 0 Å². The Labute approximate surface area is 122 Å². The molecule has 2 rings (SSSR count). The summed E-state index contributed by atoms with van der Waals surface area (Å²) >= 11 is 0. The van der Waals surface area contributed by atoms with Crippen LogP contribution in [0.5, 0.6) is 0 Å². The third kappa shape index (κ3) is 4.34. The minimum absolute atomic E-state index is 0.296. The van der Waals surface area contributed by atoms with E-state index in [1.807, 2.05) is 4.90 Å². The van der Waals surface area contributed by atoms with Gasteiger partial charge in [-0.05, 0) is 24.3 Å². The van der Waals surface area contributed by atoms with Gasteiger partial charge in [0.05, 0.1) is 0 Å². The highest BCUT2D eigenvalue weighted by molar-refractivity contribution is 5.76. The van der Waals surface area contributed by atoms with E-state index in [0.717, 1.165) is 32.5 Å². The zero-order valence-corrected chi connectivity index (χ0v) is 12.6. The van der Waals surface area contributed by atoms with E-state index < -0.39 is 0 Å². The number of benzene rings is 1. The molecule has 0 bridgehead atoms. The number of likely N-dealkylation sites (tertiary alicyclic amines) is 1. The van der Waals surface area contributed by atoms with Crippen molar-refractivity contribution in [2.24, 2.45) is 0 Å². The minimum Gasteiger partial charge on any atom is -0.343 e. The van der Waals surface area contributed by atoms with E-state index >= 15 is 0 Å². The van der Waals surface area contributed by atoms with Gasteiger partial charge < -0.3 is 10.2 Å². The molecule has 1 saturated heterocycles. The van der Waals surface area contributed by atoms with Gasteiger partial charge in [0.1, 0.15) is 0 Å². The highest BCUT2D eigenvalue weighted by Crippen LogP contribution is 2.27. The number of carbonyl (C=O) groups excluding carboxylic acids is 1. The van der Waals surface area contributed by atoms with Gasteiger partial charge in [0.15, 0.2) is 0 Å². The van der Waals surface area contributed by atoms with E-state index in [2.05, 4.69) is 49.5 Å². The van der Waals surface area contributed by atoms with E-state index in [9.17, 15) is 4.79 Å². The lowest BCUT2D eigenvalue weighted by atomic mass is 9.89. The molecule has 1 N–H and O–H groups in total. The van der Waals surface area contributed by atoms with Gasteiger partial charge in [-0.3, -0.25) is 4.79 Å². The lowest BCUT2D eigenvalue weighted by Gasteiger charge is -2.32. The molecule has 0 aromatic heterocycles. The second-order valence-corrected chi connectivity index (χ2v) is 5.92. The van der Waals surface area contributed by atoms with E-state index in [1.165, 1.54) is 5.56 Å². The Morgan fingerprint density at radius 3 is 2.50 bits per heavy atom. The molecule has 3 heteroatoms. The molecule has 1 aromatic carbocycles. The van der Waals surface area contributed by atoms with Crippen LogP contribution < -0.4 is 5.32 Å². The van der Waals surface area contributed by atoms with Crippen LogP contribution in [0.25, 0.3) is 0 Å². The first-order chi connectivity index (χ1) is 9.66. The molecular formula is C17H26N2O. The van der Waals surface area contributed by atoms with Crippen molar-refractivity contribution < 1.29 is 4.79 Å². The Morgan fingerprint density at radius 1 is 1.25 bits per heavy atom. The predicted molar refractivity (Wildman–Crippen MR) is 82.8 cm³/mol. The van der Waals surface area contributed by atoms with Gasteiger partial charge in [-0.15, -0.1) is 0 Å². The number of carbonyl (C=O) groups is 1. The van der Waals surface area contributed by atoms with Crippen molar-refractivity contribution in [3.8, 4) is 0 Å². The Kier molecular flexibility index (Phi) is 5.60. The number of piperidine rings is 1. The van der Waals surface area contributed by atoms with Gasteiger partial charge in [-0.1, -0.05) is 44.2 Å². The van der Waals surface area contributed by atoms with Gasteiger partial charge in [0.2, 0.25) is 5.91 Å². The highest BCUT2D eigenvalue weighted by atomic mass is 16.2. The molecule has 20 heavy (non-hydrogen) atoms. The average molecular weight is 274 g/mol. The lowest BCUT2D eigenvalue weighted by molar-refractivity contribution is -0.132. The standard InChI is InChI=1S/C17H26N2O/c1-14(2)18-11-8-17(20)19-12-9-16(10-13-19)15-6-4-3-5-7-15/h3-7,14,16,18H,8-13H2,1-2H3. The third-order valence-corrected chi connectivity index (χ3v) is 4.01. The highest BCUT2D eigenvalue weighted by Gasteiger charge is 2.23. The monoisotopic (exact) mass is 274 g/mol. The van der Waals surface area contributed by atoms with Gasteiger partial charge in [-0.25, -0.2) is 0 Å². The first kappa shape index (κ1) is 15.0. The zero-order chi connectivity index (χ0) is 14.4. The number of rotatable bonds is 5. The fourth-order valence-corrected chi connectivity index (χ4v) is 2.81. The zero-order valence-electron chi connectivity index (χ0n) is 12.6. The summed E-state index contributed by atoms with van der Waals surface area (Å²) in [6, 6.07) is 11.1. The van der Waals surface area contributed by atoms with E-state index in [0.29, 0.717) is 24.3 Å². The summed E-state index contributed by atoms with van der Waals surface area (Å²) in [6.45, 7) is 6.81. The summed E-state index contributed by atoms with van der Waals surface area (Å²) in [6.07, 6.45) is 2.80. The first-order valence-electron chi connectivity index (χ1n) is 7.73. The normalized spacial score (nSPS) is 16.6. The summed E-state index contributed by atoms with van der Waals surface area (Å²) in [5.41, 5.74) is 1.42. The van der Waals surface area contributed by atoms with Crippen molar-refractivity contribution in [1.82, 2.24) is 10.2 Å². The maximum atomic E-state index is 12.1. The van der Waals surface area contributed by atoms with Crippen LogP contribution in [0.3, 0.4) is 0 Å². The maximum absolute atomic E-state index is 12.1. The first-order valence-corrected chi connectivity index (χ1v) is 7.73. The van der Waals surface area contributed by atoms with Gasteiger partial charge >= 0.3 is 0 Å². The molecule has 1 aliphatic rings. The number of nitrogens with one attached hydrogen (secondary N) is 1. The topological polar surface area (TPSA) is 32.3 Å². The molecule has 1 aliphatic heterocycles. The largest absolute Gasteiger partial charge is 0.343 e. The fourth-order valence-electron chi connectivity index (χ4n) is 2.81. The Hall–Kier alpha value is -1.35. The number of nitrogens with zero attached hydrogens (tertiary/aromatic N) is 1. The van der Waals surface area contributed by atoms with Crippen LogP contribution in [0.4, 0.5) is 0 Å². The van der Waals surface area contributed by atoms with Crippen molar-refractivity contribution in [2.45, 2.75) is 45.1 Å². The van der Waals surface area contributed by atoms with Crippen LogP contribution in [0, 0.1) is 0 Å². The molecule has 110 valence electrons. The van der Waals surface area contributed by atoms with Crippen molar-refractivity contribution in [2.75, 3.05) is 19.6 Å². The van der Waals surface area contributed by atoms with Gasteiger partial charge in [-0.2, -0.15) is 0 Å². The molecule has 0 spiro atoms. The molecule has 0 saturated carbocycles. The van der Waals surface area contributed by atoms with E-state index in [-0.39, 0.29) is 0 Å². The summed E-state index contributed by atoms with van der Waals surface area (Å²) in [7, 11) is 0. The molecule has 0 atom stereocenters. The van der Waals surface area contributed by atoms with Crippen LogP contribution in [0.2, 0.25) is 0 Å². The molecule has 0 aliphatic carbocycles. The Morgan fingerprint density at radius 2 is 1.90 bits per heavy atom. The SMILES string of the molecule is CC(C)NCCC(=O)N1CCC(c2ccccc2)CC1. The molecule has 0 radical (unpaired) electrons. The van der Waals surface area contributed by atoms with E-state index in [4.69, 9.17) is 0 Å². The van der Waals surface area contributed by atoms with Crippen molar-refractivity contribution in [1.29, 1.82) is 0 Å². The van der Waals surface area contributed by atoms with Crippen LogP contribution in [0.1, 0.15) is 44.6 Å². The van der Waals surface area contributed by atoms with Crippen molar-refractivity contribution in [3.05, 3.63) is 35.9 Å². The summed E-state index contributed by atoms with van der Waals surface area (Å²) in [5, 5.41) is 3.30. The molecule has 1 heterocycles. The number of hydrogen-bond donors (Lipinski definition) is 1. The third-order valence-electron chi connectivity index (χ3n) is 4.01. The molecule has 0 unspecified atom stereocenters. The number of hydrogen-bond acceptors (Lipinski definition) is 2. The Bertz CT molecular complexity index is 408. The van der Waals surface area contributed by atoms with Crippen molar-refractivity contribution in [3.63, 3.8) is 0 Å². The molecule has 1 fully saturated rings. The van der Waals surface area contributed by atoms with Crippen LogP contribution in [0.15, 0.2) is 30.3 Å². The van der Waals surface area contributed by atoms with Crippen molar-refractivity contribution >= 4 is 5.91 Å². The lowest BCUT2D eigenvalue weighted by Crippen LogP contribution is -2.39.